The molecule has 102 valence electrons. The van der Waals surface area contributed by atoms with E-state index in [2.05, 4.69) is 16.0 Å². The lowest BCUT2D eigenvalue weighted by Gasteiger charge is -2.20. The van der Waals surface area contributed by atoms with Crippen molar-refractivity contribution in [2.24, 2.45) is 0 Å². The SMILES string of the molecule is CCOc1ncnc(N(C)c2cccc(C#N)c2)c1N. The highest BCUT2D eigenvalue weighted by Crippen LogP contribution is 2.31. The zero-order valence-electron chi connectivity index (χ0n) is 11.4. The van der Waals surface area contributed by atoms with Crippen LogP contribution in [-0.4, -0.2) is 23.6 Å². The fourth-order valence-corrected chi connectivity index (χ4v) is 1.80. The van der Waals surface area contributed by atoms with Crippen molar-refractivity contribution < 1.29 is 4.74 Å². The Morgan fingerprint density at radius 3 is 2.90 bits per heavy atom. The predicted octanol–water partition coefficient (Wildman–Crippen LogP) is 2.10. The van der Waals surface area contributed by atoms with Gasteiger partial charge in [0, 0.05) is 12.7 Å². The average molecular weight is 269 g/mol. The first-order valence-corrected chi connectivity index (χ1v) is 6.14. The Kier molecular flexibility index (Phi) is 4.01. The zero-order valence-corrected chi connectivity index (χ0v) is 11.4. The highest BCUT2D eigenvalue weighted by Gasteiger charge is 2.14. The molecule has 2 aromatic rings. The van der Waals surface area contributed by atoms with Gasteiger partial charge >= 0.3 is 0 Å². The fourth-order valence-electron chi connectivity index (χ4n) is 1.80. The van der Waals surface area contributed by atoms with E-state index >= 15 is 0 Å². The van der Waals surface area contributed by atoms with E-state index in [1.54, 1.807) is 17.0 Å². The molecular formula is C14H15N5O. The Balaban J connectivity index is 2.40. The van der Waals surface area contributed by atoms with Crippen molar-refractivity contribution in [3.8, 4) is 11.9 Å². The third kappa shape index (κ3) is 2.62. The minimum atomic E-state index is 0.362. The summed E-state index contributed by atoms with van der Waals surface area (Å²) in [5, 5.41) is 8.94. The molecule has 2 N–H and O–H groups in total. The molecule has 0 aliphatic rings. The first-order valence-electron chi connectivity index (χ1n) is 6.14. The molecule has 1 aromatic carbocycles. The summed E-state index contributed by atoms with van der Waals surface area (Å²) in [5.74, 6) is 0.902. The van der Waals surface area contributed by atoms with Gasteiger partial charge in [-0.2, -0.15) is 10.2 Å². The highest BCUT2D eigenvalue weighted by atomic mass is 16.5. The Labute approximate surface area is 117 Å². The first kappa shape index (κ1) is 13.6. The number of aromatic nitrogens is 2. The fraction of sp³-hybridized carbons (Fsp3) is 0.214. The quantitative estimate of drug-likeness (QED) is 0.914. The van der Waals surface area contributed by atoms with Crippen molar-refractivity contribution >= 4 is 17.2 Å². The first-order chi connectivity index (χ1) is 9.67. The number of nitriles is 1. The molecule has 0 amide bonds. The molecule has 0 spiro atoms. The summed E-state index contributed by atoms with van der Waals surface area (Å²) in [6, 6.07) is 9.30. The van der Waals surface area contributed by atoms with E-state index in [-0.39, 0.29) is 0 Å². The second kappa shape index (κ2) is 5.89. The Bertz CT molecular complexity index is 650. The van der Waals surface area contributed by atoms with E-state index < -0.39 is 0 Å². The molecule has 0 aliphatic heterocycles. The third-order valence-electron chi connectivity index (χ3n) is 2.79. The second-order valence-corrected chi connectivity index (χ2v) is 4.07. The monoisotopic (exact) mass is 269 g/mol. The molecule has 0 saturated carbocycles. The molecular weight excluding hydrogens is 254 g/mol. The predicted molar refractivity (Wildman–Crippen MR) is 76.8 cm³/mol. The van der Waals surface area contributed by atoms with Gasteiger partial charge in [-0.3, -0.25) is 0 Å². The Morgan fingerprint density at radius 2 is 2.20 bits per heavy atom. The maximum Gasteiger partial charge on any atom is 0.242 e. The summed E-state index contributed by atoms with van der Waals surface area (Å²) < 4.78 is 5.35. The van der Waals surface area contributed by atoms with Crippen molar-refractivity contribution in [3.63, 3.8) is 0 Å². The van der Waals surface area contributed by atoms with Crippen LogP contribution in [0.5, 0.6) is 5.88 Å². The van der Waals surface area contributed by atoms with Crippen molar-refractivity contribution in [1.29, 1.82) is 5.26 Å². The van der Waals surface area contributed by atoms with Crippen LogP contribution >= 0.6 is 0 Å². The van der Waals surface area contributed by atoms with Gasteiger partial charge in [0.1, 0.15) is 12.0 Å². The highest BCUT2D eigenvalue weighted by molar-refractivity contribution is 5.74. The van der Waals surface area contributed by atoms with Crippen molar-refractivity contribution in [3.05, 3.63) is 36.2 Å². The smallest absolute Gasteiger partial charge is 0.242 e. The normalized spacial score (nSPS) is 9.85. The zero-order chi connectivity index (χ0) is 14.5. The molecule has 1 heterocycles. The summed E-state index contributed by atoms with van der Waals surface area (Å²) in [6.45, 7) is 2.34. The average Bonchev–Trinajstić information content (AvgIpc) is 2.49. The van der Waals surface area contributed by atoms with Crippen LogP contribution in [0, 0.1) is 11.3 Å². The van der Waals surface area contributed by atoms with Crippen molar-refractivity contribution in [2.75, 3.05) is 24.3 Å². The van der Waals surface area contributed by atoms with Crippen molar-refractivity contribution in [2.45, 2.75) is 6.92 Å². The summed E-state index contributed by atoms with van der Waals surface area (Å²) in [7, 11) is 1.82. The molecule has 0 fully saturated rings. The number of hydrogen-bond acceptors (Lipinski definition) is 6. The summed E-state index contributed by atoms with van der Waals surface area (Å²) in [6.07, 6.45) is 1.40. The van der Waals surface area contributed by atoms with E-state index in [1.165, 1.54) is 6.33 Å². The number of ether oxygens (including phenoxy) is 1. The maximum atomic E-state index is 8.94. The van der Waals surface area contributed by atoms with Crippen LogP contribution in [0.25, 0.3) is 0 Å². The Hall–Kier alpha value is -2.81. The van der Waals surface area contributed by atoms with E-state index in [1.807, 2.05) is 26.1 Å². The molecule has 6 nitrogen and oxygen atoms in total. The van der Waals surface area contributed by atoms with E-state index in [0.717, 1.165) is 5.69 Å². The van der Waals surface area contributed by atoms with Gasteiger partial charge in [0.15, 0.2) is 5.82 Å². The minimum Gasteiger partial charge on any atom is -0.476 e. The molecule has 0 unspecified atom stereocenters. The standard InChI is InChI=1S/C14H15N5O/c1-3-20-14-12(16)13(17-9-18-14)19(2)11-6-4-5-10(7-11)8-15/h4-7,9H,3,16H2,1-2H3. The van der Waals surface area contributed by atoms with Crippen molar-refractivity contribution in [1.82, 2.24) is 9.97 Å². The van der Waals surface area contributed by atoms with Crippen LogP contribution in [-0.2, 0) is 0 Å². The van der Waals surface area contributed by atoms with Crippen LogP contribution in [0.1, 0.15) is 12.5 Å². The lowest BCUT2D eigenvalue weighted by molar-refractivity contribution is 0.328. The molecule has 2 rings (SSSR count). The van der Waals surface area contributed by atoms with Gasteiger partial charge in [0.05, 0.1) is 18.2 Å². The van der Waals surface area contributed by atoms with Gasteiger partial charge in [0.25, 0.3) is 0 Å². The van der Waals surface area contributed by atoms with Gasteiger partial charge in [-0.1, -0.05) is 6.07 Å². The van der Waals surface area contributed by atoms with E-state index in [9.17, 15) is 0 Å². The maximum absolute atomic E-state index is 8.94. The third-order valence-corrected chi connectivity index (χ3v) is 2.79. The lowest BCUT2D eigenvalue weighted by Crippen LogP contribution is -2.15. The Morgan fingerprint density at radius 1 is 1.40 bits per heavy atom. The molecule has 0 atom stereocenters. The number of anilines is 3. The van der Waals surface area contributed by atoms with Crippen LogP contribution in [0.3, 0.4) is 0 Å². The number of nitrogens with two attached hydrogens (primary N) is 1. The second-order valence-electron chi connectivity index (χ2n) is 4.07. The van der Waals surface area contributed by atoms with E-state index in [4.69, 9.17) is 15.7 Å². The molecule has 6 heteroatoms. The molecule has 0 saturated heterocycles. The number of nitrogens with zero attached hydrogens (tertiary/aromatic N) is 4. The number of benzene rings is 1. The lowest BCUT2D eigenvalue weighted by atomic mass is 10.2. The molecule has 20 heavy (non-hydrogen) atoms. The van der Waals surface area contributed by atoms with Crippen LogP contribution in [0.15, 0.2) is 30.6 Å². The number of hydrogen-bond donors (Lipinski definition) is 1. The van der Waals surface area contributed by atoms with E-state index in [0.29, 0.717) is 29.6 Å². The molecule has 0 bridgehead atoms. The largest absolute Gasteiger partial charge is 0.476 e. The van der Waals surface area contributed by atoms with Crippen LogP contribution < -0.4 is 15.4 Å². The van der Waals surface area contributed by atoms with Gasteiger partial charge < -0.3 is 15.4 Å². The van der Waals surface area contributed by atoms with Gasteiger partial charge in [0.2, 0.25) is 5.88 Å². The van der Waals surface area contributed by atoms with Crippen LogP contribution in [0.4, 0.5) is 17.2 Å². The minimum absolute atomic E-state index is 0.362. The number of rotatable bonds is 4. The summed E-state index contributed by atoms with van der Waals surface area (Å²) in [4.78, 5) is 9.97. The summed E-state index contributed by atoms with van der Waals surface area (Å²) in [5.41, 5.74) is 7.79. The van der Waals surface area contributed by atoms with Gasteiger partial charge in [-0.15, -0.1) is 0 Å². The number of nitrogen functional groups attached to an aromatic ring is 1. The van der Waals surface area contributed by atoms with Gasteiger partial charge in [-0.05, 0) is 25.1 Å². The van der Waals surface area contributed by atoms with Gasteiger partial charge in [-0.25, -0.2) is 4.98 Å². The topological polar surface area (TPSA) is 88.1 Å². The summed E-state index contributed by atoms with van der Waals surface area (Å²) >= 11 is 0. The molecule has 0 radical (unpaired) electrons. The molecule has 1 aromatic heterocycles. The molecule has 0 aliphatic carbocycles. The van der Waals surface area contributed by atoms with Crippen LogP contribution in [0.2, 0.25) is 0 Å².